The normalized spacial score (nSPS) is 23.0. The number of nitrogens with one attached hydrogen (secondary N) is 3. The van der Waals surface area contributed by atoms with Crippen molar-refractivity contribution in [3.05, 3.63) is 29.3 Å². The third kappa shape index (κ3) is 4.97. The summed E-state index contributed by atoms with van der Waals surface area (Å²) in [6.07, 6.45) is 0.00130. The average Bonchev–Trinajstić information content (AvgIpc) is 3.14. The van der Waals surface area contributed by atoms with Gasteiger partial charge in [-0.05, 0) is 24.3 Å². The molecule has 1 aromatic rings. The molecule has 2 fully saturated rings. The van der Waals surface area contributed by atoms with Crippen LogP contribution in [0.2, 0.25) is 5.02 Å². The van der Waals surface area contributed by atoms with Crippen molar-refractivity contribution in [3.8, 4) is 0 Å². The molecule has 1 aromatic carbocycles. The number of amides is 3. The SMILES string of the molecule is O=C(C[C@@H]1S/C(=N\N=C2\CSC(=O)N2)NC1=O)Nc1ccc(Cl)cc1. The molecule has 2 saturated heterocycles. The van der Waals surface area contributed by atoms with Crippen LogP contribution in [0.4, 0.5) is 10.5 Å². The van der Waals surface area contributed by atoms with Gasteiger partial charge >= 0.3 is 0 Å². The summed E-state index contributed by atoms with van der Waals surface area (Å²) in [5, 5.41) is 15.7. The van der Waals surface area contributed by atoms with Crippen LogP contribution in [0.25, 0.3) is 0 Å². The quantitative estimate of drug-likeness (QED) is 0.673. The van der Waals surface area contributed by atoms with Crippen molar-refractivity contribution in [2.45, 2.75) is 11.7 Å². The van der Waals surface area contributed by atoms with Crippen LogP contribution >= 0.6 is 35.1 Å². The molecule has 2 aliphatic rings. The van der Waals surface area contributed by atoms with Crippen molar-refractivity contribution in [2.75, 3.05) is 11.1 Å². The van der Waals surface area contributed by atoms with Gasteiger partial charge in [0.1, 0.15) is 11.1 Å². The zero-order valence-electron chi connectivity index (χ0n) is 12.6. The van der Waals surface area contributed by atoms with Crippen LogP contribution in [0.1, 0.15) is 6.42 Å². The molecule has 11 heteroatoms. The van der Waals surface area contributed by atoms with E-state index in [0.29, 0.717) is 27.5 Å². The number of hydrogen-bond acceptors (Lipinski definition) is 7. The van der Waals surface area contributed by atoms with Gasteiger partial charge in [-0.25, -0.2) is 0 Å². The molecule has 25 heavy (non-hydrogen) atoms. The average molecular weight is 398 g/mol. The Labute approximate surface area is 156 Å². The molecule has 0 aromatic heterocycles. The molecule has 130 valence electrons. The maximum absolute atomic E-state index is 12.1. The van der Waals surface area contributed by atoms with Crippen LogP contribution in [-0.4, -0.2) is 39.1 Å². The van der Waals surface area contributed by atoms with E-state index in [-0.39, 0.29) is 23.5 Å². The van der Waals surface area contributed by atoms with Gasteiger partial charge in [-0.3, -0.25) is 14.4 Å². The number of thioether (sulfide) groups is 2. The first kappa shape index (κ1) is 17.8. The Hall–Kier alpha value is -2.04. The third-order valence-electron chi connectivity index (χ3n) is 3.12. The van der Waals surface area contributed by atoms with Gasteiger partial charge in [-0.1, -0.05) is 35.1 Å². The number of nitrogens with zero attached hydrogens (tertiary/aromatic N) is 2. The van der Waals surface area contributed by atoms with Crippen LogP contribution in [0.5, 0.6) is 0 Å². The second kappa shape index (κ2) is 7.89. The van der Waals surface area contributed by atoms with Gasteiger partial charge in [0.15, 0.2) is 5.17 Å². The molecule has 3 N–H and O–H groups in total. The number of rotatable bonds is 4. The Bertz CT molecular complexity index is 781. The van der Waals surface area contributed by atoms with Gasteiger partial charge in [0, 0.05) is 17.1 Å². The summed E-state index contributed by atoms with van der Waals surface area (Å²) in [6.45, 7) is 0. The number of amidine groups is 2. The van der Waals surface area contributed by atoms with Crippen molar-refractivity contribution in [1.82, 2.24) is 10.6 Å². The van der Waals surface area contributed by atoms with Gasteiger partial charge < -0.3 is 16.0 Å². The smallest absolute Gasteiger partial charge is 0.284 e. The van der Waals surface area contributed by atoms with Crippen LogP contribution in [-0.2, 0) is 9.59 Å². The van der Waals surface area contributed by atoms with Crippen LogP contribution < -0.4 is 16.0 Å². The van der Waals surface area contributed by atoms with Gasteiger partial charge in [0.2, 0.25) is 11.8 Å². The Morgan fingerprint density at radius 3 is 2.68 bits per heavy atom. The van der Waals surface area contributed by atoms with E-state index in [1.807, 2.05) is 0 Å². The van der Waals surface area contributed by atoms with Crippen molar-refractivity contribution < 1.29 is 14.4 Å². The van der Waals surface area contributed by atoms with Gasteiger partial charge in [0.05, 0.1) is 5.75 Å². The van der Waals surface area contributed by atoms with E-state index < -0.39 is 5.25 Å². The highest BCUT2D eigenvalue weighted by Gasteiger charge is 2.32. The first-order valence-corrected chi connectivity index (χ1v) is 9.35. The first-order valence-electron chi connectivity index (χ1n) is 7.11. The number of benzene rings is 1. The highest BCUT2D eigenvalue weighted by Crippen LogP contribution is 2.23. The van der Waals surface area contributed by atoms with Crippen molar-refractivity contribution in [3.63, 3.8) is 0 Å². The zero-order valence-corrected chi connectivity index (χ0v) is 15.0. The predicted molar refractivity (Wildman–Crippen MR) is 100 cm³/mol. The van der Waals surface area contributed by atoms with E-state index in [0.717, 1.165) is 23.5 Å². The lowest BCUT2D eigenvalue weighted by Gasteiger charge is -2.07. The summed E-state index contributed by atoms with van der Waals surface area (Å²) in [5.41, 5.74) is 0.604. The Kier molecular flexibility index (Phi) is 5.61. The van der Waals surface area contributed by atoms with E-state index in [2.05, 4.69) is 26.2 Å². The summed E-state index contributed by atoms with van der Waals surface area (Å²) in [6, 6.07) is 6.69. The second-order valence-corrected chi connectivity index (χ2v) is 7.58. The number of halogens is 1. The minimum atomic E-state index is -0.584. The summed E-state index contributed by atoms with van der Waals surface area (Å²) < 4.78 is 0. The van der Waals surface area contributed by atoms with E-state index in [9.17, 15) is 14.4 Å². The lowest BCUT2D eigenvalue weighted by molar-refractivity contribution is -0.122. The highest BCUT2D eigenvalue weighted by molar-refractivity contribution is 8.15. The van der Waals surface area contributed by atoms with Crippen LogP contribution in [0.15, 0.2) is 34.5 Å². The van der Waals surface area contributed by atoms with E-state index in [4.69, 9.17) is 11.6 Å². The molecule has 0 spiro atoms. The van der Waals surface area contributed by atoms with Crippen molar-refractivity contribution in [1.29, 1.82) is 0 Å². The molecule has 1 atom stereocenters. The molecule has 0 saturated carbocycles. The largest absolute Gasteiger partial charge is 0.326 e. The molecular weight excluding hydrogens is 386 g/mol. The molecular formula is C14H12ClN5O3S2. The van der Waals surface area contributed by atoms with Gasteiger partial charge in [0.25, 0.3) is 5.24 Å². The number of carbonyl (C=O) groups excluding carboxylic acids is 3. The maximum atomic E-state index is 12.1. The molecule has 0 bridgehead atoms. The molecule has 8 nitrogen and oxygen atoms in total. The Morgan fingerprint density at radius 1 is 1.24 bits per heavy atom. The standard InChI is InChI=1S/C14H12ClN5O3S2/c15-7-1-3-8(4-2-7)16-11(21)5-9-12(22)18-13(25-9)20-19-10-6-24-14(23)17-10/h1-4,9H,5-6H2,(H,16,21)(H,17,19,23)(H,18,20,22)/t9-/m0/s1. The maximum Gasteiger partial charge on any atom is 0.284 e. The molecule has 2 heterocycles. The minimum Gasteiger partial charge on any atom is -0.326 e. The molecule has 3 amide bonds. The fourth-order valence-corrected chi connectivity index (χ4v) is 3.62. The first-order chi connectivity index (χ1) is 12.0. The van der Waals surface area contributed by atoms with Crippen molar-refractivity contribution >= 4 is 68.9 Å². The Morgan fingerprint density at radius 2 is 2.00 bits per heavy atom. The third-order valence-corrected chi connectivity index (χ3v) is 5.23. The molecule has 2 aliphatic heterocycles. The minimum absolute atomic E-state index is 0.00130. The highest BCUT2D eigenvalue weighted by atomic mass is 35.5. The van der Waals surface area contributed by atoms with E-state index in [1.165, 1.54) is 0 Å². The molecule has 0 radical (unpaired) electrons. The number of anilines is 1. The topological polar surface area (TPSA) is 112 Å². The van der Waals surface area contributed by atoms with Crippen LogP contribution in [0, 0.1) is 0 Å². The number of hydrogen-bond donors (Lipinski definition) is 3. The summed E-state index contributed by atoms with van der Waals surface area (Å²) in [5.74, 6) is 0.254. The van der Waals surface area contributed by atoms with E-state index in [1.54, 1.807) is 24.3 Å². The summed E-state index contributed by atoms with van der Waals surface area (Å²) >= 11 is 8.01. The second-order valence-electron chi connectivity index (χ2n) is 5.01. The van der Waals surface area contributed by atoms with Crippen molar-refractivity contribution in [2.24, 2.45) is 10.2 Å². The number of carbonyl (C=O) groups is 3. The molecule has 3 rings (SSSR count). The lowest BCUT2D eigenvalue weighted by Crippen LogP contribution is -2.28. The zero-order chi connectivity index (χ0) is 17.8. The predicted octanol–water partition coefficient (Wildman–Crippen LogP) is 2.03. The van der Waals surface area contributed by atoms with E-state index >= 15 is 0 Å². The monoisotopic (exact) mass is 397 g/mol. The van der Waals surface area contributed by atoms with Gasteiger partial charge in [-0.15, -0.1) is 10.2 Å². The molecule has 0 unspecified atom stereocenters. The van der Waals surface area contributed by atoms with Crippen LogP contribution in [0.3, 0.4) is 0 Å². The molecule has 0 aliphatic carbocycles. The summed E-state index contributed by atoms with van der Waals surface area (Å²) in [7, 11) is 0. The lowest BCUT2D eigenvalue weighted by atomic mass is 10.2. The fourth-order valence-electron chi connectivity index (χ4n) is 1.98. The Balaban J connectivity index is 1.54. The van der Waals surface area contributed by atoms with Gasteiger partial charge in [-0.2, -0.15) is 0 Å². The fraction of sp³-hybridized carbons (Fsp3) is 0.214. The summed E-state index contributed by atoms with van der Waals surface area (Å²) in [4.78, 5) is 35.0.